The molecule has 0 amide bonds. The molecule has 1 aromatic heterocycles. The minimum absolute atomic E-state index is 0.598. The monoisotopic (exact) mass is 251 g/mol. The lowest BCUT2D eigenvalue weighted by molar-refractivity contribution is 0.329. The van der Waals surface area contributed by atoms with Gasteiger partial charge in [0, 0.05) is 23.2 Å². The van der Waals surface area contributed by atoms with E-state index in [1.54, 1.807) is 0 Å². The Bertz CT molecular complexity index is 369. The number of rotatable bonds is 3. The lowest BCUT2D eigenvalue weighted by atomic mass is 9.87. The van der Waals surface area contributed by atoms with Gasteiger partial charge in [-0.05, 0) is 45.2 Å². The molecular formula is C13H21N3S. The van der Waals surface area contributed by atoms with E-state index in [1.807, 2.05) is 30.9 Å². The first-order valence-electron chi connectivity index (χ1n) is 6.32. The third-order valence-corrected chi connectivity index (χ3v) is 4.69. The molecule has 1 aliphatic carbocycles. The van der Waals surface area contributed by atoms with Gasteiger partial charge in [-0.2, -0.15) is 0 Å². The molecule has 0 radical (unpaired) electrons. The van der Waals surface area contributed by atoms with E-state index < -0.39 is 0 Å². The van der Waals surface area contributed by atoms with E-state index in [0.717, 1.165) is 16.8 Å². The van der Waals surface area contributed by atoms with Gasteiger partial charge < -0.3 is 5.32 Å². The molecule has 2 rings (SSSR count). The van der Waals surface area contributed by atoms with Crippen LogP contribution in [0.25, 0.3) is 0 Å². The highest BCUT2D eigenvalue weighted by molar-refractivity contribution is 7.99. The second kappa shape index (κ2) is 5.83. The van der Waals surface area contributed by atoms with Crippen molar-refractivity contribution in [1.29, 1.82) is 0 Å². The summed E-state index contributed by atoms with van der Waals surface area (Å²) in [6.45, 7) is 4.36. The van der Waals surface area contributed by atoms with Crippen molar-refractivity contribution in [3.05, 3.63) is 18.0 Å². The van der Waals surface area contributed by atoms with Crippen molar-refractivity contribution in [3.63, 3.8) is 0 Å². The lowest BCUT2D eigenvalue weighted by Crippen LogP contribution is -2.40. The Morgan fingerprint density at radius 3 is 2.94 bits per heavy atom. The van der Waals surface area contributed by atoms with E-state index in [9.17, 15) is 0 Å². The largest absolute Gasteiger partial charge is 0.316 e. The zero-order valence-corrected chi connectivity index (χ0v) is 11.6. The van der Waals surface area contributed by atoms with E-state index in [-0.39, 0.29) is 0 Å². The van der Waals surface area contributed by atoms with Crippen molar-refractivity contribution >= 4 is 11.8 Å². The van der Waals surface area contributed by atoms with Gasteiger partial charge in [0.05, 0.1) is 0 Å². The first kappa shape index (κ1) is 12.8. The van der Waals surface area contributed by atoms with Crippen molar-refractivity contribution in [2.45, 2.75) is 49.6 Å². The maximum absolute atomic E-state index is 4.49. The van der Waals surface area contributed by atoms with Gasteiger partial charge in [0.25, 0.3) is 0 Å². The fourth-order valence-electron chi connectivity index (χ4n) is 2.41. The molecule has 3 unspecified atom stereocenters. The number of aryl methyl sites for hydroxylation is 1. The predicted molar refractivity (Wildman–Crippen MR) is 72.3 cm³/mol. The van der Waals surface area contributed by atoms with Crippen LogP contribution in [-0.2, 0) is 0 Å². The van der Waals surface area contributed by atoms with Crippen LogP contribution in [0.1, 0.15) is 31.9 Å². The van der Waals surface area contributed by atoms with Crippen LogP contribution in [-0.4, -0.2) is 28.3 Å². The highest BCUT2D eigenvalue weighted by Crippen LogP contribution is 2.34. The van der Waals surface area contributed by atoms with E-state index in [2.05, 4.69) is 29.3 Å². The number of aromatic nitrogens is 2. The Kier molecular flexibility index (Phi) is 4.40. The van der Waals surface area contributed by atoms with Crippen molar-refractivity contribution in [1.82, 2.24) is 15.3 Å². The highest BCUT2D eigenvalue weighted by Gasteiger charge is 2.28. The maximum atomic E-state index is 4.49. The predicted octanol–water partition coefficient (Wildman–Crippen LogP) is 2.65. The summed E-state index contributed by atoms with van der Waals surface area (Å²) in [4.78, 5) is 8.84. The zero-order valence-electron chi connectivity index (χ0n) is 10.8. The number of hydrogen-bond acceptors (Lipinski definition) is 4. The SMILES string of the molecule is CNC1CCC(C)CC1Sc1nccc(C)n1. The van der Waals surface area contributed by atoms with Crippen molar-refractivity contribution in [2.75, 3.05) is 7.05 Å². The minimum Gasteiger partial charge on any atom is -0.316 e. The van der Waals surface area contributed by atoms with Crippen LogP contribution in [0.5, 0.6) is 0 Å². The fraction of sp³-hybridized carbons (Fsp3) is 0.692. The molecule has 1 aromatic rings. The van der Waals surface area contributed by atoms with Crippen LogP contribution in [0, 0.1) is 12.8 Å². The minimum atomic E-state index is 0.598. The van der Waals surface area contributed by atoms with Gasteiger partial charge in [0.1, 0.15) is 0 Å². The third kappa shape index (κ3) is 3.42. The summed E-state index contributed by atoms with van der Waals surface area (Å²) < 4.78 is 0. The second-order valence-electron chi connectivity index (χ2n) is 4.95. The summed E-state index contributed by atoms with van der Waals surface area (Å²) in [6.07, 6.45) is 5.71. The van der Waals surface area contributed by atoms with Crippen LogP contribution in [0.15, 0.2) is 17.4 Å². The van der Waals surface area contributed by atoms with Gasteiger partial charge in [-0.25, -0.2) is 9.97 Å². The van der Waals surface area contributed by atoms with Crippen molar-refractivity contribution in [3.8, 4) is 0 Å². The number of nitrogens with one attached hydrogen (secondary N) is 1. The molecule has 1 fully saturated rings. The van der Waals surface area contributed by atoms with E-state index in [0.29, 0.717) is 11.3 Å². The van der Waals surface area contributed by atoms with Crippen molar-refractivity contribution < 1.29 is 0 Å². The molecule has 1 aliphatic rings. The van der Waals surface area contributed by atoms with Crippen molar-refractivity contribution in [2.24, 2.45) is 5.92 Å². The molecule has 1 heterocycles. The van der Waals surface area contributed by atoms with Gasteiger partial charge in [0.2, 0.25) is 0 Å². The van der Waals surface area contributed by atoms with Gasteiger partial charge >= 0.3 is 0 Å². The fourth-order valence-corrected chi connectivity index (χ4v) is 3.86. The van der Waals surface area contributed by atoms with Crippen LogP contribution in [0.4, 0.5) is 0 Å². The maximum Gasteiger partial charge on any atom is 0.188 e. The highest BCUT2D eigenvalue weighted by atomic mass is 32.2. The number of hydrogen-bond donors (Lipinski definition) is 1. The van der Waals surface area contributed by atoms with Gasteiger partial charge in [-0.3, -0.25) is 0 Å². The summed E-state index contributed by atoms with van der Waals surface area (Å²) in [5.41, 5.74) is 1.05. The Morgan fingerprint density at radius 1 is 1.41 bits per heavy atom. The summed E-state index contributed by atoms with van der Waals surface area (Å²) in [5, 5.41) is 4.96. The summed E-state index contributed by atoms with van der Waals surface area (Å²) in [5.74, 6) is 0.821. The van der Waals surface area contributed by atoms with E-state index in [4.69, 9.17) is 0 Å². The Hall–Kier alpha value is -0.610. The lowest BCUT2D eigenvalue weighted by Gasteiger charge is -2.33. The van der Waals surface area contributed by atoms with Crippen LogP contribution in [0.2, 0.25) is 0 Å². The first-order valence-corrected chi connectivity index (χ1v) is 7.20. The average molecular weight is 251 g/mol. The van der Waals surface area contributed by atoms with Crippen LogP contribution < -0.4 is 5.32 Å². The van der Waals surface area contributed by atoms with E-state index >= 15 is 0 Å². The molecule has 1 N–H and O–H groups in total. The molecule has 1 saturated carbocycles. The third-order valence-electron chi connectivity index (χ3n) is 3.45. The topological polar surface area (TPSA) is 37.8 Å². The molecule has 3 atom stereocenters. The quantitative estimate of drug-likeness (QED) is 0.838. The molecule has 0 spiro atoms. The Balaban J connectivity index is 2.04. The Morgan fingerprint density at radius 2 is 2.24 bits per heavy atom. The molecule has 0 aliphatic heterocycles. The second-order valence-corrected chi connectivity index (χ2v) is 6.16. The Labute approximate surface area is 108 Å². The van der Waals surface area contributed by atoms with E-state index in [1.165, 1.54) is 19.3 Å². The molecule has 0 aromatic carbocycles. The van der Waals surface area contributed by atoms with Gasteiger partial charge in [-0.1, -0.05) is 18.7 Å². The normalized spacial score (nSPS) is 29.2. The molecule has 94 valence electrons. The zero-order chi connectivity index (χ0) is 12.3. The van der Waals surface area contributed by atoms with Gasteiger partial charge in [0.15, 0.2) is 5.16 Å². The van der Waals surface area contributed by atoms with Gasteiger partial charge in [-0.15, -0.1) is 0 Å². The molecule has 17 heavy (non-hydrogen) atoms. The van der Waals surface area contributed by atoms with Crippen LogP contribution >= 0.6 is 11.8 Å². The molecule has 0 saturated heterocycles. The number of nitrogens with zero attached hydrogens (tertiary/aromatic N) is 2. The standard InChI is InChI=1S/C13H21N3S/c1-9-4-5-11(14-3)12(8-9)17-13-15-7-6-10(2)16-13/h6-7,9,11-12,14H,4-5,8H2,1-3H3. The summed E-state index contributed by atoms with van der Waals surface area (Å²) in [6, 6.07) is 2.55. The molecular weight excluding hydrogens is 230 g/mol. The molecule has 3 nitrogen and oxygen atoms in total. The van der Waals surface area contributed by atoms with Crippen LogP contribution in [0.3, 0.4) is 0 Å². The number of thioether (sulfide) groups is 1. The average Bonchev–Trinajstić information content (AvgIpc) is 2.29. The first-order chi connectivity index (χ1) is 8.19. The molecule has 4 heteroatoms. The smallest absolute Gasteiger partial charge is 0.188 e. The summed E-state index contributed by atoms with van der Waals surface area (Å²) >= 11 is 1.83. The molecule has 0 bridgehead atoms. The summed E-state index contributed by atoms with van der Waals surface area (Å²) in [7, 11) is 2.06.